The van der Waals surface area contributed by atoms with E-state index in [0.29, 0.717) is 6.42 Å². The molecule has 0 aromatic heterocycles. The number of methoxy groups -OCH3 is 1. The molecular formula is C13H23NO2. The molecule has 1 heterocycles. The molecule has 2 aliphatic rings. The summed E-state index contributed by atoms with van der Waals surface area (Å²) < 4.78 is 5.52. The zero-order valence-electron chi connectivity index (χ0n) is 10.6. The molecule has 0 radical (unpaired) electrons. The van der Waals surface area contributed by atoms with Crippen molar-refractivity contribution < 1.29 is 9.53 Å². The Morgan fingerprint density at radius 2 is 1.94 bits per heavy atom. The number of hydrogen-bond donors (Lipinski definition) is 1. The molecule has 1 aliphatic heterocycles. The Hall–Kier alpha value is -0.570. The van der Waals surface area contributed by atoms with Crippen molar-refractivity contribution in [1.29, 1.82) is 0 Å². The van der Waals surface area contributed by atoms with Gasteiger partial charge in [-0.05, 0) is 19.8 Å². The summed E-state index contributed by atoms with van der Waals surface area (Å²) in [6, 6.07) is 0. The van der Waals surface area contributed by atoms with Crippen molar-refractivity contribution in [2.24, 2.45) is 5.41 Å². The summed E-state index contributed by atoms with van der Waals surface area (Å²) in [6.07, 6.45) is 6.73. The van der Waals surface area contributed by atoms with Crippen molar-refractivity contribution in [3.8, 4) is 0 Å². The van der Waals surface area contributed by atoms with E-state index in [9.17, 15) is 4.79 Å². The van der Waals surface area contributed by atoms with Crippen LogP contribution in [0.3, 0.4) is 0 Å². The van der Waals surface area contributed by atoms with Gasteiger partial charge >= 0.3 is 0 Å². The first-order valence-corrected chi connectivity index (χ1v) is 6.38. The predicted octanol–water partition coefficient (Wildman–Crippen LogP) is 2.25. The van der Waals surface area contributed by atoms with Gasteiger partial charge in [-0.3, -0.25) is 4.79 Å². The van der Waals surface area contributed by atoms with Crippen LogP contribution in [0.2, 0.25) is 0 Å². The van der Waals surface area contributed by atoms with Gasteiger partial charge in [-0.25, -0.2) is 0 Å². The van der Waals surface area contributed by atoms with E-state index >= 15 is 0 Å². The normalized spacial score (nSPS) is 35.1. The van der Waals surface area contributed by atoms with Gasteiger partial charge in [0.2, 0.25) is 5.91 Å². The van der Waals surface area contributed by atoms with Crippen LogP contribution in [-0.2, 0) is 9.53 Å². The van der Waals surface area contributed by atoms with Crippen molar-refractivity contribution in [3.63, 3.8) is 0 Å². The monoisotopic (exact) mass is 225 g/mol. The van der Waals surface area contributed by atoms with Crippen molar-refractivity contribution in [2.45, 2.75) is 64.0 Å². The van der Waals surface area contributed by atoms with Crippen molar-refractivity contribution in [2.75, 3.05) is 7.11 Å². The van der Waals surface area contributed by atoms with Crippen LogP contribution < -0.4 is 5.32 Å². The lowest BCUT2D eigenvalue weighted by molar-refractivity contribution is -0.120. The number of carbonyl (C=O) groups is 1. The van der Waals surface area contributed by atoms with Crippen LogP contribution in [-0.4, -0.2) is 24.7 Å². The first-order valence-electron chi connectivity index (χ1n) is 6.38. The van der Waals surface area contributed by atoms with E-state index < -0.39 is 0 Å². The van der Waals surface area contributed by atoms with Gasteiger partial charge in [-0.2, -0.15) is 0 Å². The van der Waals surface area contributed by atoms with Gasteiger partial charge in [-0.15, -0.1) is 0 Å². The Balaban J connectivity index is 2.30. The van der Waals surface area contributed by atoms with E-state index in [1.807, 2.05) is 0 Å². The SMILES string of the molecule is COC(C)C1(C)CC(=O)NC12CCCCC2. The standard InChI is InChI=1S/C13H23NO2/c1-10(16-3)12(2)9-11(15)14-13(12)7-5-4-6-8-13/h10H,4-9H2,1-3H3,(H,14,15). The Kier molecular flexibility index (Phi) is 2.99. The molecule has 1 saturated carbocycles. The molecule has 0 aromatic rings. The fraction of sp³-hybridized carbons (Fsp3) is 0.923. The van der Waals surface area contributed by atoms with Crippen LogP contribution in [0.15, 0.2) is 0 Å². The van der Waals surface area contributed by atoms with Crippen LogP contribution in [0, 0.1) is 5.41 Å². The van der Waals surface area contributed by atoms with Crippen molar-refractivity contribution >= 4 is 5.91 Å². The maximum atomic E-state index is 11.8. The molecule has 1 saturated heterocycles. The molecule has 1 aliphatic carbocycles. The van der Waals surface area contributed by atoms with E-state index in [2.05, 4.69) is 19.2 Å². The molecule has 3 heteroatoms. The molecule has 2 fully saturated rings. The maximum Gasteiger partial charge on any atom is 0.221 e. The van der Waals surface area contributed by atoms with E-state index in [1.54, 1.807) is 7.11 Å². The minimum Gasteiger partial charge on any atom is -0.381 e. The van der Waals surface area contributed by atoms with Gasteiger partial charge in [-0.1, -0.05) is 26.2 Å². The fourth-order valence-corrected chi connectivity index (χ4v) is 3.60. The molecule has 0 aromatic carbocycles. The van der Waals surface area contributed by atoms with Crippen molar-refractivity contribution in [1.82, 2.24) is 5.32 Å². The highest BCUT2D eigenvalue weighted by Gasteiger charge is 2.57. The number of nitrogens with one attached hydrogen (secondary N) is 1. The zero-order chi connectivity index (χ0) is 11.8. The molecule has 92 valence electrons. The van der Waals surface area contributed by atoms with E-state index in [-0.39, 0.29) is 23.0 Å². The summed E-state index contributed by atoms with van der Waals surface area (Å²) in [7, 11) is 1.75. The molecule has 0 bridgehead atoms. The third kappa shape index (κ3) is 1.56. The first kappa shape index (κ1) is 11.9. The Morgan fingerprint density at radius 1 is 1.31 bits per heavy atom. The third-order valence-corrected chi connectivity index (χ3v) is 4.96. The fourth-order valence-electron chi connectivity index (χ4n) is 3.60. The molecule has 1 N–H and O–H groups in total. The number of ether oxygens (including phenoxy) is 1. The van der Waals surface area contributed by atoms with Gasteiger partial charge < -0.3 is 10.1 Å². The number of rotatable bonds is 2. The summed E-state index contributed by atoms with van der Waals surface area (Å²) in [5, 5.41) is 3.26. The highest BCUT2D eigenvalue weighted by atomic mass is 16.5. The second kappa shape index (κ2) is 4.02. The summed E-state index contributed by atoms with van der Waals surface area (Å²) in [5.41, 5.74) is -0.0446. The second-order valence-corrected chi connectivity index (χ2v) is 5.66. The lowest BCUT2D eigenvalue weighted by Crippen LogP contribution is -2.56. The van der Waals surface area contributed by atoms with Crippen molar-refractivity contribution in [3.05, 3.63) is 0 Å². The molecule has 16 heavy (non-hydrogen) atoms. The van der Waals surface area contributed by atoms with E-state index in [0.717, 1.165) is 12.8 Å². The van der Waals surface area contributed by atoms with Crippen LogP contribution in [0.4, 0.5) is 0 Å². The molecule has 2 unspecified atom stereocenters. The third-order valence-electron chi connectivity index (χ3n) is 4.96. The van der Waals surface area contributed by atoms with E-state index in [1.165, 1.54) is 19.3 Å². The minimum atomic E-state index is -0.0424. The summed E-state index contributed by atoms with van der Waals surface area (Å²) in [5.74, 6) is 0.202. The van der Waals surface area contributed by atoms with Crippen LogP contribution in [0.5, 0.6) is 0 Å². The quantitative estimate of drug-likeness (QED) is 0.782. The van der Waals surface area contributed by atoms with Gasteiger partial charge in [0.1, 0.15) is 0 Å². The molecule has 2 atom stereocenters. The zero-order valence-corrected chi connectivity index (χ0v) is 10.6. The predicted molar refractivity (Wildman–Crippen MR) is 63.2 cm³/mol. The van der Waals surface area contributed by atoms with Gasteiger partial charge in [0, 0.05) is 24.5 Å². The first-order chi connectivity index (χ1) is 7.54. The molecule has 3 nitrogen and oxygen atoms in total. The molecule has 2 rings (SSSR count). The highest BCUT2D eigenvalue weighted by Crippen LogP contribution is 2.50. The molecule has 1 spiro atoms. The van der Waals surface area contributed by atoms with Crippen LogP contribution in [0.1, 0.15) is 52.4 Å². The number of hydrogen-bond acceptors (Lipinski definition) is 2. The molecular weight excluding hydrogens is 202 g/mol. The minimum absolute atomic E-state index is 0.00222. The summed E-state index contributed by atoms with van der Waals surface area (Å²) in [6.45, 7) is 4.31. The second-order valence-electron chi connectivity index (χ2n) is 5.66. The Bertz CT molecular complexity index is 276. The molecule has 1 amide bonds. The van der Waals surface area contributed by atoms with Crippen LogP contribution >= 0.6 is 0 Å². The van der Waals surface area contributed by atoms with Crippen LogP contribution in [0.25, 0.3) is 0 Å². The Morgan fingerprint density at radius 3 is 2.50 bits per heavy atom. The average Bonchev–Trinajstić information content (AvgIpc) is 2.51. The smallest absolute Gasteiger partial charge is 0.221 e. The highest BCUT2D eigenvalue weighted by molar-refractivity contribution is 5.81. The lowest BCUT2D eigenvalue weighted by atomic mass is 9.62. The number of amides is 1. The summed E-state index contributed by atoms with van der Waals surface area (Å²) >= 11 is 0. The maximum absolute atomic E-state index is 11.8. The summed E-state index contributed by atoms with van der Waals surface area (Å²) in [4.78, 5) is 11.8. The van der Waals surface area contributed by atoms with Gasteiger partial charge in [0.05, 0.1) is 6.10 Å². The number of carbonyl (C=O) groups excluding carboxylic acids is 1. The average molecular weight is 225 g/mol. The van der Waals surface area contributed by atoms with E-state index in [4.69, 9.17) is 4.74 Å². The van der Waals surface area contributed by atoms with Gasteiger partial charge in [0.25, 0.3) is 0 Å². The topological polar surface area (TPSA) is 38.3 Å². The lowest BCUT2D eigenvalue weighted by Gasteiger charge is -2.48. The Labute approximate surface area is 97.9 Å². The van der Waals surface area contributed by atoms with Gasteiger partial charge in [0.15, 0.2) is 0 Å². The largest absolute Gasteiger partial charge is 0.381 e.